The van der Waals surface area contributed by atoms with E-state index in [0.29, 0.717) is 37.0 Å². The number of aliphatic hydroxyl groups is 2. The van der Waals surface area contributed by atoms with Gasteiger partial charge in [0.2, 0.25) is 5.75 Å². The quantitative estimate of drug-likeness (QED) is 0.167. The summed E-state index contributed by atoms with van der Waals surface area (Å²) in [6.45, 7) is 7.09. The zero-order valence-electron chi connectivity index (χ0n) is 28.2. The Hall–Kier alpha value is -2.82. The summed E-state index contributed by atoms with van der Waals surface area (Å²) in [6, 6.07) is 7.57. The lowest BCUT2D eigenvalue weighted by Crippen LogP contribution is -2.36. The number of carbonyl (C=O) groups excluding carboxylic acids is 1. The van der Waals surface area contributed by atoms with Crippen LogP contribution in [0.2, 0.25) is 0 Å². The van der Waals surface area contributed by atoms with E-state index in [1.807, 2.05) is 24.3 Å². The van der Waals surface area contributed by atoms with E-state index in [4.69, 9.17) is 18.9 Å². The molecule has 0 amide bonds. The van der Waals surface area contributed by atoms with Crippen LogP contribution in [0.25, 0.3) is 0 Å². The lowest BCUT2D eigenvalue weighted by molar-refractivity contribution is 0.0609. The van der Waals surface area contributed by atoms with Crippen molar-refractivity contribution in [3.8, 4) is 17.4 Å². The standard InChI is InChI=1S/C37H51BrN2O7/c1-5-45-36(43)47-33-22-40(39-35(33)46-23-25-10-13-30(44-4)14-11-25)34(38)17-8-24(2)31-15-16-32-27(7-6-18-37(31,32)3)12-9-26-19-28(41)21-29(42)20-26/h9-14,22,24,28-29,31-32,34,41-42H,5-8,15-21,23H2,1-4H3/b27-12+/t24-,28-,29-,31-,32?,34-,37-/m1/s1. The molecule has 2 N–H and O–H groups in total. The third-order valence-corrected chi connectivity index (χ3v) is 11.5. The molecule has 3 aliphatic carbocycles. The fraction of sp³-hybridized carbons (Fsp3) is 0.622. The molecule has 10 heteroatoms. The van der Waals surface area contributed by atoms with E-state index in [1.165, 1.54) is 25.7 Å². The molecule has 3 aliphatic rings. The number of alkyl halides is 1. The highest BCUT2D eigenvalue weighted by atomic mass is 79.9. The number of allylic oxidation sites excluding steroid dienone is 3. The van der Waals surface area contributed by atoms with E-state index in [1.54, 1.807) is 30.5 Å². The third-order valence-electron chi connectivity index (χ3n) is 10.6. The Kier molecular flexibility index (Phi) is 12.1. The largest absolute Gasteiger partial charge is 0.514 e. The summed E-state index contributed by atoms with van der Waals surface area (Å²) in [4.78, 5) is 12.1. The van der Waals surface area contributed by atoms with Gasteiger partial charge in [0.25, 0.3) is 5.88 Å². The Balaban J connectivity index is 1.22. The number of ether oxygens (including phenoxy) is 4. The molecular formula is C37H51BrN2O7. The van der Waals surface area contributed by atoms with E-state index in [0.717, 1.165) is 36.1 Å². The average Bonchev–Trinajstić information content (AvgIpc) is 3.62. The number of nitrogens with zero attached hydrogens (tertiary/aromatic N) is 2. The molecule has 0 radical (unpaired) electrons. The van der Waals surface area contributed by atoms with Gasteiger partial charge in [-0.15, -0.1) is 5.10 Å². The van der Waals surface area contributed by atoms with Gasteiger partial charge in [-0.1, -0.05) is 65.2 Å². The number of benzene rings is 1. The Morgan fingerprint density at radius 3 is 2.60 bits per heavy atom. The lowest BCUT2D eigenvalue weighted by atomic mass is 9.60. The topological polar surface area (TPSA) is 112 Å². The van der Waals surface area contributed by atoms with Crippen LogP contribution in [0.15, 0.2) is 53.8 Å². The van der Waals surface area contributed by atoms with E-state index < -0.39 is 18.4 Å². The van der Waals surface area contributed by atoms with E-state index in [9.17, 15) is 15.0 Å². The molecule has 258 valence electrons. The van der Waals surface area contributed by atoms with Crippen LogP contribution in [-0.4, -0.2) is 52.1 Å². The predicted octanol–water partition coefficient (Wildman–Crippen LogP) is 8.29. The number of hydrogen-bond donors (Lipinski definition) is 2. The number of fused-ring (bicyclic) bond motifs is 1. The summed E-state index contributed by atoms with van der Waals surface area (Å²) < 4.78 is 23.5. The van der Waals surface area contributed by atoms with Crippen LogP contribution in [0.5, 0.6) is 17.4 Å². The number of carbonyl (C=O) groups is 1. The minimum atomic E-state index is -0.795. The smallest absolute Gasteiger partial charge is 0.497 e. The van der Waals surface area contributed by atoms with Crippen LogP contribution in [0.1, 0.15) is 95.5 Å². The van der Waals surface area contributed by atoms with Gasteiger partial charge in [0.15, 0.2) is 0 Å². The van der Waals surface area contributed by atoms with Crippen molar-refractivity contribution in [3.63, 3.8) is 0 Å². The van der Waals surface area contributed by atoms with Crippen molar-refractivity contribution >= 4 is 22.1 Å². The van der Waals surface area contributed by atoms with Gasteiger partial charge in [-0.3, -0.25) is 4.68 Å². The molecule has 0 spiro atoms. The van der Waals surface area contributed by atoms with Gasteiger partial charge >= 0.3 is 6.16 Å². The summed E-state index contributed by atoms with van der Waals surface area (Å²) in [5, 5.41) is 24.9. The van der Waals surface area contributed by atoms with Crippen LogP contribution in [0.4, 0.5) is 4.79 Å². The first-order valence-corrected chi connectivity index (χ1v) is 18.1. The van der Waals surface area contributed by atoms with Gasteiger partial charge in [-0.05, 0) is 112 Å². The summed E-state index contributed by atoms with van der Waals surface area (Å²) in [7, 11) is 1.63. The van der Waals surface area contributed by atoms with Crippen molar-refractivity contribution in [2.24, 2.45) is 23.2 Å². The fourth-order valence-corrected chi connectivity index (χ4v) is 8.74. The Bertz CT molecular complexity index is 1390. The zero-order chi connectivity index (χ0) is 33.6. The Morgan fingerprint density at radius 2 is 1.89 bits per heavy atom. The van der Waals surface area contributed by atoms with Gasteiger partial charge in [0, 0.05) is 0 Å². The maximum Gasteiger partial charge on any atom is 0.514 e. The van der Waals surface area contributed by atoms with Gasteiger partial charge in [0.05, 0.1) is 32.1 Å². The third kappa shape index (κ3) is 8.81. The zero-order valence-corrected chi connectivity index (χ0v) is 29.8. The normalized spacial score (nSPS) is 28.0. The van der Waals surface area contributed by atoms with Crippen molar-refractivity contribution in [2.75, 3.05) is 13.7 Å². The van der Waals surface area contributed by atoms with Crippen LogP contribution in [-0.2, 0) is 11.3 Å². The van der Waals surface area contributed by atoms with Crippen LogP contribution < -0.4 is 14.2 Å². The van der Waals surface area contributed by atoms with Crippen molar-refractivity contribution in [2.45, 2.75) is 109 Å². The van der Waals surface area contributed by atoms with E-state index in [-0.39, 0.29) is 35.2 Å². The molecule has 3 saturated carbocycles. The summed E-state index contributed by atoms with van der Waals surface area (Å²) in [5.41, 5.74) is 3.90. The van der Waals surface area contributed by atoms with Gasteiger partial charge in [-0.25, -0.2) is 4.79 Å². The second kappa shape index (κ2) is 16.1. The molecular weight excluding hydrogens is 664 g/mol. The summed E-state index contributed by atoms with van der Waals surface area (Å²) in [6.07, 6.45) is 14.3. The molecule has 47 heavy (non-hydrogen) atoms. The summed E-state index contributed by atoms with van der Waals surface area (Å²) in [5.74, 6) is 2.95. The number of aliphatic hydroxyl groups excluding tert-OH is 2. The number of hydrogen-bond acceptors (Lipinski definition) is 8. The SMILES string of the molecule is CCOC(=O)Oc1cn([C@@H](Br)CC[C@@H](C)[C@H]2CCC3/C(=C/C=C4C[C@@H](O)C[C@H](O)C4)CCC[C@@]32C)nc1OCc1ccc(OC)cc1. The fourth-order valence-electron chi connectivity index (χ4n) is 8.26. The molecule has 7 atom stereocenters. The number of rotatable bonds is 12. The highest BCUT2D eigenvalue weighted by Gasteiger charge is 2.50. The number of methoxy groups -OCH3 is 1. The first kappa shape index (κ1) is 35.5. The van der Waals surface area contributed by atoms with E-state index >= 15 is 0 Å². The maximum absolute atomic E-state index is 12.2. The van der Waals surface area contributed by atoms with Crippen LogP contribution >= 0.6 is 15.9 Å². The second-order valence-corrected chi connectivity index (χ2v) is 14.9. The molecule has 5 rings (SSSR count). The lowest BCUT2D eigenvalue weighted by Gasteiger charge is -2.44. The number of aromatic nitrogens is 2. The van der Waals surface area contributed by atoms with Crippen molar-refractivity contribution in [1.29, 1.82) is 0 Å². The first-order chi connectivity index (χ1) is 22.6. The highest BCUT2D eigenvalue weighted by Crippen LogP contribution is 2.60. The highest BCUT2D eigenvalue weighted by molar-refractivity contribution is 9.09. The molecule has 0 saturated heterocycles. The van der Waals surface area contributed by atoms with Crippen LogP contribution in [0.3, 0.4) is 0 Å². The van der Waals surface area contributed by atoms with Crippen molar-refractivity contribution in [3.05, 3.63) is 59.3 Å². The minimum Gasteiger partial charge on any atom is -0.497 e. The molecule has 2 aromatic rings. The van der Waals surface area contributed by atoms with Gasteiger partial charge in [-0.2, -0.15) is 0 Å². The van der Waals surface area contributed by atoms with Gasteiger partial charge in [0.1, 0.15) is 17.3 Å². The Labute approximate surface area is 287 Å². The molecule has 1 aromatic heterocycles. The average molecular weight is 716 g/mol. The maximum atomic E-state index is 12.2. The summed E-state index contributed by atoms with van der Waals surface area (Å²) >= 11 is 3.85. The number of halogens is 1. The molecule has 9 nitrogen and oxygen atoms in total. The predicted molar refractivity (Wildman–Crippen MR) is 184 cm³/mol. The second-order valence-electron chi connectivity index (χ2n) is 13.8. The van der Waals surface area contributed by atoms with E-state index in [2.05, 4.69) is 47.0 Å². The van der Waals surface area contributed by atoms with Crippen molar-refractivity contribution < 1.29 is 34.0 Å². The first-order valence-electron chi connectivity index (χ1n) is 17.2. The molecule has 0 aliphatic heterocycles. The molecule has 3 fully saturated rings. The molecule has 0 bridgehead atoms. The molecule has 1 unspecified atom stereocenters. The Morgan fingerprint density at radius 1 is 1.15 bits per heavy atom. The van der Waals surface area contributed by atoms with Crippen LogP contribution in [0, 0.1) is 23.2 Å². The molecule has 1 heterocycles. The van der Waals surface area contributed by atoms with Gasteiger partial charge < -0.3 is 29.2 Å². The molecule has 1 aromatic carbocycles. The monoisotopic (exact) mass is 714 g/mol. The minimum absolute atomic E-state index is 0.104. The van der Waals surface area contributed by atoms with Crippen molar-refractivity contribution in [1.82, 2.24) is 9.78 Å².